The Morgan fingerprint density at radius 3 is 3.00 bits per heavy atom. The molecule has 1 saturated heterocycles. The minimum Gasteiger partial charge on any atom is -0.355 e. The van der Waals surface area contributed by atoms with E-state index in [4.69, 9.17) is 0 Å². The number of H-pyrrole nitrogens is 1. The normalized spacial score (nSPS) is 17.5. The molecule has 0 spiro atoms. The molecular weight excluding hydrogens is 338 g/mol. The minimum atomic E-state index is 0.376. The zero-order chi connectivity index (χ0) is 18.1. The Bertz CT molecular complexity index is 1040. The summed E-state index contributed by atoms with van der Waals surface area (Å²) >= 11 is 0. The number of fused-ring (bicyclic) bond motifs is 1. The highest BCUT2D eigenvalue weighted by atomic mass is 15.2. The second kappa shape index (κ2) is 6.83. The molecule has 0 unspecified atom stereocenters. The van der Waals surface area contributed by atoms with Crippen molar-refractivity contribution in [2.75, 3.05) is 18.0 Å². The molecule has 1 aliphatic rings. The molecule has 7 nitrogen and oxygen atoms in total. The van der Waals surface area contributed by atoms with E-state index in [0.717, 1.165) is 60.8 Å². The fourth-order valence-electron chi connectivity index (χ4n) is 3.97. The van der Waals surface area contributed by atoms with Crippen LogP contribution in [0.4, 0.5) is 5.82 Å². The highest BCUT2D eigenvalue weighted by Crippen LogP contribution is 2.31. The van der Waals surface area contributed by atoms with Crippen LogP contribution < -0.4 is 4.90 Å². The monoisotopic (exact) mass is 359 g/mol. The number of hydrogen-bond donors (Lipinski definition) is 1. The largest absolute Gasteiger partial charge is 0.355 e. The standard InChI is InChI=1S/C20H21N7/c1-2-7-21-16(5-1)13-27-11-9-23-19(27)15-4-3-10-26(12-15)20-17-6-8-22-18(17)24-14-25-20/h1-2,5-9,11,14-15H,3-4,10,12-13H2,(H,22,24,25)/t15-/m0/s1. The van der Waals surface area contributed by atoms with Gasteiger partial charge in [-0.3, -0.25) is 4.98 Å². The molecule has 1 aliphatic heterocycles. The lowest BCUT2D eigenvalue weighted by Gasteiger charge is -2.33. The number of aromatic nitrogens is 6. The van der Waals surface area contributed by atoms with E-state index in [0.29, 0.717) is 5.92 Å². The van der Waals surface area contributed by atoms with Gasteiger partial charge in [0.2, 0.25) is 0 Å². The van der Waals surface area contributed by atoms with Crippen LogP contribution in [0, 0.1) is 0 Å². The lowest BCUT2D eigenvalue weighted by atomic mass is 9.97. The van der Waals surface area contributed by atoms with Gasteiger partial charge in [-0.15, -0.1) is 0 Å². The molecule has 1 fully saturated rings. The Hall–Kier alpha value is -3.22. The van der Waals surface area contributed by atoms with Crippen molar-refractivity contribution in [3.8, 4) is 0 Å². The van der Waals surface area contributed by atoms with Gasteiger partial charge >= 0.3 is 0 Å². The van der Waals surface area contributed by atoms with Crippen LogP contribution in [0.5, 0.6) is 0 Å². The van der Waals surface area contributed by atoms with E-state index in [1.54, 1.807) is 6.33 Å². The van der Waals surface area contributed by atoms with Gasteiger partial charge in [-0.1, -0.05) is 6.07 Å². The molecule has 4 aromatic heterocycles. The van der Waals surface area contributed by atoms with Gasteiger partial charge in [-0.25, -0.2) is 15.0 Å². The van der Waals surface area contributed by atoms with E-state index < -0.39 is 0 Å². The van der Waals surface area contributed by atoms with Crippen molar-refractivity contribution in [3.63, 3.8) is 0 Å². The Kier molecular flexibility index (Phi) is 4.04. The van der Waals surface area contributed by atoms with E-state index >= 15 is 0 Å². The molecule has 0 radical (unpaired) electrons. The third-order valence-electron chi connectivity index (χ3n) is 5.23. The second-order valence-corrected chi connectivity index (χ2v) is 6.96. The number of hydrogen-bond acceptors (Lipinski definition) is 5. The Balaban J connectivity index is 1.41. The maximum atomic E-state index is 4.69. The summed E-state index contributed by atoms with van der Waals surface area (Å²) in [5.74, 6) is 2.51. The molecule has 0 aliphatic carbocycles. The molecule has 0 bridgehead atoms. The fourth-order valence-corrected chi connectivity index (χ4v) is 3.97. The highest BCUT2D eigenvalue weighted by molar-refractivity contribution is 5.87. The van der Waals surface area contributed by atoms with Crippen molar-refractivity contribution in [3.05, 3.63) is 66.9 Å². The summed E-state index contributed by atoms with van der Waals surface area (Å²) in [4.78, 5) is 23.6. The van der Waals surface area contributed by atoms with Gasteiger partial charge in [-0.2, -0.15) is 0 Å². The van der Waals surface area contributed by atoms with Crippen LogP contribution in [-0.4, -0.2) is 42.6 Å². The first-order valence-corrected chi connectivity index (χ1v) is 9.32. The van der Waals surface area contributed by atoms with Gasteiger partial charge in [0, 0.05) is 43.8 Å². The molecule has 136 valence electrons. The number of rotatable bonds is 4. The summed E-state index contributed by atoms with van der Waals surface area (Å²) in [6.45, 7) is 2.67. The number of nitrogens with zero attached hydrogens (tertiary/aromatic N) is 6. The first-order chi connectivity index (χ1) is 13.4. The molecule has 0 aromatic carbocycles. The van der Waals surface area contributed by atoms with Gasteiger partial charge in [0.15, 0.2) is 0 Å². The van der Waals surface area contributed by atoms with Crippen LogP contribution in [0.2, 0.25) is 0 Å². The van der Waals surface area contributed by atoms with Crippen LogP contribution in [0.15, 0.2) is 55.4 Å². The second-order valence-electron chi connectivity index (χ2n) is 6.96. The number of nitrogens with one attached hydrogen (secondary N) is 1. The average Bonchev–Trinajstić information content (AvgIpc) is 3.38. The van der Waals surface area contributed by atoms with Crippen LogP contribution in [-0.2, 0) is 6.54 Å². The van der Waals surface area contributed by atoms with E-state index in [2.05, 4.69) is 52.7 Å². The molecular formula is C20H21N7. The first-order valence-electron chi connectivity index (χ1n) is 9.32. The topological polar surface area (TPSA) is 75.5 Å². The van der Waals surface area contributed by atoms with Crippen molar-refractivity contribution in [1.29, 1.82) is 0 Å². The van der Waals surface area contributed by atoms with E-state index in [1.807, 2.05) is 30.7 Å². The maximum Gasteiger partial charge on any atom is 0.142 e. The summed E-state index contributed by atoms with van der Waals surface area (Å²) in [7, 11) is 0. The number of pyridine rings is 1. The molecule has 1 atom stereocenters. The summed E-state index contributed by atoms with van der Waals surface area (Å²) in [5, 5.41) is 1.08. The summed E-state index contributed by atoms with van der Waals surface area (Å²) in [6, 6.07) is 8.08. The predicted molar refractivity (Wildman–Crippen MR) is 104 cm³/mol. The molecule has 4 aromatic rings. The van der Waals surface area contributed by atoms with Crippen LogP contribution in [0.1, 0.15) is 30.3 Å². The van der Waals surface area contributed by atoms with Crippen LogP contribution in [0.3, 0.4) is 0 Å². The molecule has 5 rings (SSSR count). The molecule has 1 N–H and O–H groups in total. The van der Waals surface area contributed by atoms with Gasteiger partial charge in [0.1, 0.15) is 23.6 Å². The maximum absolute atomic E-state index is 4.69. The van der Waals surface area contributed by atoms with Crippen molar-refractivity contribution in [1.82, 2.24) is 29.5 Å². The third-order valence-corrected chi connectivity index (χ3v) is 5.23. The van der Waals surface area contributed by atoms with E-state index in [-0.39, 0.29) is 0 Å². The Labute approximate surface area is 157 Å². The molecule has 0 saturated carbocycles. The lowest BCUT2D eigenvalue weighted by molar-refractivity contribution is 0.474. The zero-order valence-electron chi connectivity index (χ0n) is 15.0. The first kappa shape index (κ1) is 16.0. The summed E-state index contributed by atoms with van der Waals surface area (Å²) in [6.07, 6.45) is 11.6. The van der Waals surface area contributed by atoms with Crippen molar-refractivity contribution in [2.45, 2.75) is 25.3 Å². The van der Waals surface area contributed by atoms with Gasteiger partial charge < -0.3 is 14.5 Å². The predicted octanol–water partition coefficient (Wildman–Crippen LogP) is 2.98. The lowest BCUT2D eigenvalue weighted by Crippen LogP contribution is -2.36. The Morgan fingerprint density at radius 1 is 1.07 bits per heavy atom. The quantitative estimate of drug-likeness (QED) is 0.606. The molecule has 7 heteroatoms. The van der Waals surface area contributed by atoms with Crippen molar-refractivity contribution < 1.29 is 0 Å². The average molecular weight is 359 g/mol. The number of imidazole rings is 1. The smallest absolute Gasteiger partial charge is 0.142 e. The summed E-state index contributed by atoms with van der Waals surface area (Å²) in [5.41, 5.74) is 1.94. The van der Waals surface area contributed by atoms with Crippen LogP contribution in [0.25, 0.3) is 11.0 Å². The Morgan fingerprint density at radius 2 is 2.07 bits per heavy atom. The van der Waals surface area contributed by atoms with E-state index in [1.165, 1.54) is 0 Å². The van der Waals surface area contributed by atoms with Gasteiger partial charge in [0.25, 0.3) is 0 Å². The van der Waals surface area contributed by atoms with Gasteiger partial charge in [-0.05, 0) is 31.0 Å². The SMILES string of the molecule is c1ccc(Cn2ccnc2[C@H]2CCCN(c3ncnc4[nH]ccc34)C2)nc1. The highest BCUT2D eigenvalue weighted by Gasteiger charge is 2.26. The van der Waals surface area contributed by atoms with Crippen molar-refractivity contribution >= 4 is 16.9 Å². The van der Waals surface area contributed by atoms with Gasteiger partial charge in [0.05, 0.1) is 17.6 Å². The fraction of sp³-hybridized carbons (Fsp3) is 0.300. The number of anilines is 1. The van der Waals surface area contributed by atoms with Crippen LogP contribution >= 0.6 is 0 Å². The molecule has 27 heavy (non-hydrogen) atoms. The number of piperidine rings is 1. The zero-order valence-corrected chi connectivity index (χ0v) is 15.0. The van der Waals surface area contributed by atoms with Crippen molar-refractivity contribution in [2.24, 2.45) is 0 Å². The minimum absolute atomic E-state index is 0.376. The third kappa shape index (κ3) is 3.05. The van der Waals surface area contributed by atoms with E-state index in [9.17, 15) is 0 Å². The summed E-state index contributed by atoms with van der Waals surface area (Å²) < 4.78 is 2.22. The number of aromatic amines is 1. The molecule has 5 heterocycles. The molecule has 0 amide bonds.